The van der Waals surface area contributed by atoms with Gasteiger partial charge in [-0.15, -0.1) is 0 Å². The van der Waals surface area contributed by atoms with Crippen molar-refractivity contribution in [1.29, 1.82) is 0 Å². The van der Waals surface area contributed by atoms with Crippen LogP contribution >= 0.6 is 0 Å². The van der Waals surface area contributed by atoms with Crippen LogP contribution in [0.25, 0.3) is 0 Å². The number of rotatable bonds is 3. The molecule has 2 aromatic carbocycles. The predicted molar refractivity (Wildman–Crippen MR) is 150 cm³/mol. The number of ketones is 2. The minimum Gasteiger partial charge on any atom is -0.507 e. The van der Waals surface area contributed by atoms with Gasteiger partial charge in [0, 0.05) is 12.0 Å². The van der Waals surface area contributed by atoms with E-state index in [-0.39, 0.29) is 52.8 Å². The summed E-state index contributed by atoms with van der Waals surface area (Å²) in [5.41, 5.74) is -3.94. The van der Waals surface area contributed by atoms with E-state index in [0.29, 0.717) is 5.56 Å². The number of ether oxygens (including phenoxy) is 4. The van der Waals surface area contributed by atoms with Crippen LogP contribution in [0.4, 0.5) is 0 Å². The number of fused-ring (bicyclic) bond motifs is 3. The Kier molecular flexibility index (Phi) is 7.01. The van der Waals surface area contributed by atoms with Crippen LogP contribution in [0, 0.1) is 12.3 Å². The maximum absolute atomic E-state index is 13.7. The highest BCUT2D eigenvalue weighted by Crippen LogP contribution is 2.55. The fourth-order valence-corrected chi connectivity index (χ4v) is 7.12. The molecule has 1 fully saturated rings. The Morgan fingerprint density at radius 3 is 2.36 bits per heavy atom. The summed E-state index contributed by atoms with van der Waals surface area (Å²) in [6.07, 6.45) is -3.13. The van der Waals surface area contributed by atoms with Gasteiger partial charge in [0.1, 0.15) is 34.8 Å². The summed E-state index contributed by atoms with van der Waals surface area (Å²) in [5.74, 6) is -6.81. The van der Waals surface area contributed by atoms with E-state index in [1.54, 1.807) is 6.92 Å². The minimum atomic E-state index is -2.08. The topological polar surface area (TPSA) is 203 Å². The molecule has 13 nitrogen and oxygen atoms in total. The Bertz CT molecular complexity index is 1720. The van der Waals surface area contributed by atoms with Crippen LogP contribution in [0.2, 0.25) is 0 Å². The first-order chi connectivity index (χ1) is 21.3. The molecule has 2 aromatic rings. The zero-order valence-electron chi connectivity index (χ0n) is 24.5. The standard InChI is InChI=1S/C32H30O13/c1-13-8-16-23(17(33)9-13)26(37)28(39)31(27(16)38)7-6-15(29(40)42-2)22-14(11-31)10-19-24(25(22)36)18(34)12-32(45-19,30(41)43-3)20-4-5-21(35)44-20/h6-10,15,20,27-28,33,36,38-39H,4-5,11-12H2,1-3H3/t15-,20-,27-,28-,31+,32+/m0/s1. The van der Waals surface area contributed by atoms with Gasteiger partial charge in [-0.2, -0.15) is 0 Å². The van der Waals surface area contributed by atoms with E-state index < -0.39 is 82.6 Å². The van der Waals surface area contributed by atoms with Crippen molar-refractivity contribution in [2.75, 3.05) is 14.2 Å². The third-order valence-electron chi connectivity index (χ3n) is 9.28. The second kappa shape index (κ2) is 10.4. The van der Waals surface area contributed by atoms with Crippen molar-refractivity contribution in [2.45, 2.75) is 62.4 Å². The third kappa shape index (κ3) is 4.25. The Labute approximate surface area is 256 Å². The molecule has 6 atom stereocenters. The lowest BCUT2D eigenvalue weighted by molar-refractivity contribution is -0.175. The maximum atomic E-state index is 13.7. The zero-order chi connectivity index (χ0) is 32.6. The molecule has 2 heterocycles. The number of cyclic esters (lactones) is 1. The van der Waals surface area contributed by atoms with Crippen molar-refractivity contribution in [3.05, 3.63) is 63.7 Å². The molecule has 0 radical (unpaired) electrons. The van der Waals surface area contributed by atoms with Crippen molar-refractivity contribution < 1.29 is 63.3 Å². The van der Waals surface area contributed by atoms with Crippen LogP contribution in [-0.2, 0) is 35.0 Å². The molecule has 4 N–H and O–H groups in total. The predicted octanol–water partition coefficient (Wildman–Crippen LogP) is 1.63. The molecule has 0 aromatic heterocycles. The number of aromatic hydroxyl groups is 2. The molecule has 4 aliphatic rings. The number of benzene rings is 2. The van der Waals surface area contributed by atoms with Crippen LogP contribution in [0.15, 0.2) is 30.4 Å². The first kappa shape index (κ1) is 30.3. The molecule has 0 saturated carbocycles. The van der Waals surface area contributed by atoms with Gasteiger partial charge in [0.05, 0.1) is 37.7 Å². The molecule has 1 spiro atoms. The zero-order valence-corrected chi connectivity index (χ0v) is 24.5. The molecule has 0 bridgehead atoms. The summed E-state index contributed by atoms with van der Waals surface area (Å²) in [7, 11) is 2.19. The average Bonchev–Trinajstić information content (AvgIpc) is 3.36. The number of hydrogen-bond acceptors (Lipinski definition) is 13. The van der Waals surface area contributed by atoms with Crippen LogP contribution in [-0.4, -0.2) is 81.9 Å². The normalized spacial score (nSPS) is 30.0. The van der Waals surface area contributed by atoms with Crippen molar-refractivity contribution in [3.63, 3.8) is 0 Å². The largest absolute Gasteiger partial charge is 0.507 e. The highest BCUT2D eigenvalue weighted by atomic mass is 16.6. The van der Waals surface area contributed by atoms with Gasteiger partial charge in [-0.05, 0) is 48.6 Å². The number of aryl methyl sites for hydroxylation is 1. The SMILES string of the molecule is COC(=O)[C@H]1C=C[C@]2(Cc3cc4c(c(O)c31)C(=O)C[C@](C(=O)OC)([C@@H]1CCC(=O)O1)O4)[C@@H](O)C(=O)c1c(O)cc(C)cc1[C@@H]2O. The first-order valence-electron chi connectivity index (χ1n) is 14.2. The van der Waals surface area contributed by atoms with E-state index in [4.69, 9.17) is 18.9 Å². The van der Waals surface area contributed by atoms with Gasteiger partial charge in [0.2, 0.25) is 5.60 Å². The Balaban J connectivity index is 1.56. The molecule has 13 heteroatoms. The summed E-state index contributed by atoms with van der Waals surface area (Å²) in [6, 6.07) is 4.11. The molecule has 6 rings (SSSR count). The molecule has 2 aliphatic carbocycles. The number of carbonyl (C=O) groups excluding carboxylic acids is 5. The molecule has 0 amide bonds. The van der Waals surface area contributed by atoms with E-state index in [9.17, 15) is 44.4 Å². The van der Waals surface area contributed by atoms with Crippen LogP contribution < -0.4 is 4.74 Å². The number of esters is 3. The lowest BCUT2D eigenvalue weighted by Crippen LogP contribution is -2.58. The van der Waals surface area contributed by atoms with Gasteiger partial charge >= 0.3 is 17.9 Å². The van der Waals surface area contributed by atoms with E-state index in [2.05, 4.69) is 0 Å². The van der Waals surface area contributed by atoms with Crippen molar-refractivity contribution >= 4 is 29.5 Å². The van der Waals surface area contributed by atoms with Crippen molar-refractivity contribution in [1.82, 2.24) is 0 Å². The van der Waals surface area contributed by atoms with E-state index >= 15 is 0 Å². The molecule has 45 heavy (non-hydrogen) atoms. The quantitative estimate of drug-likeness (QED) is 0.219. The van der Waals surface area contributed by atoms with Crippen LogP contribution in [0.5, 0.6) is 17.2 Å². The monoisotopic (exact) mass is 622 g/mol. The molecule has 0 unspecified atom stereocenters. The summed E-state index contributed by atoms with van der Waals surface area (Å²) < 4.78 is 21.4. The number of Topliss-reactive ketones (excluding diaryl/α,β-unsaturated/α-hetero) is 2. The first-order valence-corrected chi connectivity index (χ1v) is 14.2. The Morgan fingerprint density at radius 1 is 0.978 bits per heavy atom. The smallest absolute Gasteiger partial charge is 0.354 e. The number of methoxy groups -OCH3 is 2. The third-order valence-corrected chi connectivity index (χ3v) is 9.28. The van der Waals surface area contributed by atoms with E-state index in [1.165, 1.54) is 30.4 Å². The molecular weight excluding hydrogens is 592 g/mol. The number of carbonyl (C=O) groups is 5. The summed E-state index contributed by atoms with van der Waals surface area (Å²) in [5, 5.41) is 45.3. The summed E-state index contributed by atoms with van der Waals surface area (Å²) >= 11 is 0. The number of aliphatic hydroxyl groups excluding tert-OH is 2. The van der Waals surface area contributed by atoms with Gasteiger partial charge in [0.25, 0.3) is 0 Å². The molecule has 1 saturated heterocycles. The summed E-state index contributed by atoms with van der Waals surface area (Å²) in [4.78, 5) is 65.4. The Morgan fingerprint density at radius 2 is 1.71 bits per heavy atom. The molecular formula is C32H30O13. The lowest BCUT2D eigenvalue weighted by atomic mass is 9.63. The second-order valence-electron chi connectivity index (χ2n) is 11.8. The van der Waals surface area contributed by atoms with Crippen LogP contribution in [0.3, 0.4) is 0 Å². The van der Waals surface area contributed by atoms with E-state index in [1.807, 2.05) is 0 Å². The van der Waals surface area contributed by atoms with Crippen LogP contribution in [0.1, 0.15) is 74.3 Å². The van der Waals surface area contributed by atoms with E-state index in [0.717, 1.165) is 14.2 Å². The number of aliphatic hydroxyl groups is 2. The van der Waals surface area contributed by atoms with Gasteiger partial charge < -0.3 is 39.4 Å². The van der Waals surface area contributed by atoms with Gasteiger partial charge in [0.15, 0.2) is 17.7 Å². The maximum Gasteiger partial charge on any atom is 0.354 e. The molecule has 2 aliphatic heterocycles. The minimum absolute atomic E-state index is 0.0292. The van der Waals surface area contributed by atoms with Crippen molar-refractivity contribution in [3.8, 4) is 17.2 Å². The highest BCUT2D eigenvalue weighted by Gasteiger charge is 2.59. The molecule has 236 valence electrons. The number of phenolic OH excluding ortho intramolecular Hbond substituents is 2. The number of phenols is 2. The fraction of sp³-hybridized carbons (Fsp3) is 0.406. The fourth-order valence-electron chi connectivity index (χ4n) is 7.12. The average molecular weight is 623 g/mol. The van der Waals surface area contributed by atoms with Crippen molar-refractivity contribution in [2.24, 2.45) is 5.41 Å². The summed E-state index contributed by atoms with van der Waals surface area (Å²) in [6.45, 7) is 1.65. The van der Waals surface area contributed by atoms with Gasteiger partial charge in [-0.3, -0.25) is 19.2 Å². The lowest BCUT2D eigenvalue weighted by Gasteiger charge is -2.43. The highest BCUT2D eigenvalue weighted by molar-refractivity contribution is 6.08. The van der Waals surface area contributed by atoms with Gasteiger partial charge in [-0.1, -0.05) is 18.2 Å². The van der Waals surface area contributed by atoms with Gasteiger partial charge in [-0.25, -0.2) is 4.79 Å². The Hall–Kier alpha value is -4.75. The second-order valence-corrected chi connectivity index (χ2v) is 11.8. The number of hydrogen-bond donors (Lipinski definition) is 4.